The molecule has 0 saturated heterocycles. The van der Waals surface area contributed by atoms with E-state index in [0.717, 1.165) is 33.9 Å². The van der Waals surface area contributed by atoms with Crippen molar-refractivity contribution in [1.82, 2.24) is 19.9 Å². The number of ether oxygens (including phenoxy) is 1. The van der Waals surface area contributed by atoms with E-state index in [4.69, 9.17) is 9.72 Å². The van der Waals surface area contributed by atoms with Crippen LogP contribution in [0.2, 0.25) is 0 Å². The first-order chi connectivity index (χ1) is 13.3. The molecule has 3 heterocycles. The standard InChI is InChI=1S/C21H19N5O/c1-22-21-17(27-2)12-16(13-24-21)19-18(14-8-10-23-11-9-14)25-20(26-19)15-6-4-3-5-7-15/h3-13H,1-2H3,(H,22,24)(H,25,26). The predicted molar refractivity (Wildman–Crippen MR) is 107 cm³/mol. The molecular formula is C21H19N5O. The van der Waals surface area contributed by atoms with Gasteiger partial charge in [0.2, 0.25) is 0 Å². The Morgan fingerprint density at radius 2 is 1.74 bits per heavy atom. The number of pyridine rings is 2. The zero-order valence-electron chi connectivity index (χ0n) is 15.1. The minimum Gasteiger partial charge on any atom is -0.493 e. The molecule has 0 fully saturated rings. The van der Waals surface area contributed by atoms with Gasteiger partial charge in [-0.05, 0) is 18.2 Å². The summed E-state index contributed by atoms with van der Waals surface area (Å²) in [6.07, 6.45) is 5.33. The van der Waals surface area contributed by atoms with Crippen LogP contribution >= 0.6 is 0 Å². The molecule has 0 saturated carbocycles. The van der Waals surface area contributed by atoms with Crippen LogP contribution in [0.25, 0.3) is 33.9 Å². The SMILES string of the molecule is CNc1ncc(-c2[nH]c(-c3ccccc3)nc2-c2ccncc2)cc1OC. The van der Waals surface area contributed by atoms with Crippen molar-refractivity contribution in [2.45, 2.75) is 0 Å². The van der Waals surface area contributed by atoms with E-state index in [1.807, 2.05) is 55.6 Å². The van der Waals surface area contributed by atoms with E-state index in [1.165, 1.54) is 0 Å². The zero-order valence-corrected chi connectivity index (χ0v) is 15.1. The Kier molecular flexibility index (Phi) is 4.53. The minimum absolute atomic E-state index is 0.673. The first-order valence-corrected chi connectivity index (χ1v) is 8.58. The number of benzene rings is 1. The van der Waals surface area contributed by atoms with E-state index in [9.17, 15) is 0 Å². The van der Waals surface area contributed by atoms with Gasteiger partial charge in [0.25, 0.3) is 0 Å². The summed E-state index contributed by atoms with van der Waals surface area (Å²) in [6, 6.07) is 15.9. The zero-order chi connectivity index (χ0) is 18.6. The average molecular weight is 357 g/mol. The highest BCUT2D eigenvalue weighted by molar-refractivity contribution is 5.82. The lowest BCUT2D eigenvalue weighted by Gasteiger charge is -2.09. The summed E-state index contributed by atoms with van der Waals surface area (Å²) in [4.78, 5) is 16.9. The number of nitrogens with one attached hydrogen (secondary N) is 2. The van der Waals surface area contributed by atoms with Gasteiger partial charge in [0.15, 0.2) is 11.6 Å². The van der Waals surface area contributed by atoms with Crippen LogP contribution in [0.3, 0.4) is 0 Å². The van der Waals surface area contributed by atoms with Crippen LogP contribution in [-0.4, -0.2) is 34.1 Å². The summed E-state index contributed by atoms with van der Waals surface area (Å²) >= 11 is 0. The molecule has 134 valence electrons. The molecule has 27 heavy (non-hydrogen) atoms. The molecule has 4 rings (SSSR count). The summed E-state index contributed by atoms with van der Waals surface area (Å²) in [5.74, 6) is 2.16. The van der Waals surface area contributed by atoms with Crippen molar-refractivity contribution in [1.29, 1.82) is 0 Å². The number of nitrogens with zero attached hydrogens (tertiary/aromatic N) is 3. The molecule has 0 atom stereocenters. The monoisotopic (exact) mass is 357 g/mol. The highest BCUT2D eigenvalue weighted by atomic mass is 16.5. The second kappa shape index (κ2) is 7.29. The van der Waals surface area contributed by atoms with Gasteiger partial charge in [-0.3, -0.25) is 4.98 Å². The summed E-state index contributed by atoms with van der Waals surface area (Å²) in [5.41, 5.74) is 4.62. The van der Waals surface area contributed by atoms with Gasteiger partial charge in [-0.25, -0.2) is 9.97 Å². The number of aromatic nitrogens is 4. The predicted octanol–water partition coefficient (Wildman–Crippen LogP) is 4.25. The van der Waals surface area contributed by atoms with Crippen LogP contribution < -0.4 is 10.1 Å². The van der Waals surface area contributed by atoms with Crippen LogP contribution in [-0.2, 0) is 0 Å². The molecule has 0 aliphatic rings. The molecule has 0 spiro atoms. The number of H-pyrrole nitrogens is 1. The molecule has 1 aromatic carbocycles. The molecular weight excluding hydrogens is 338 g/mol. The van der Waals surface area contributed by atoms with Crippen LogP contribution in [0.4, 0.5) is 5.82 Å². The van der Waals surface area contributed by atoms with Gasteiger partial charge in [0, 0.05) is 42.3 Å². The number of hydrogen-bond donors (Lipinski definition) is 2. The number of hydrogen-bond acceptors (Lipinski definition) is 5. The highest BCUT2D eigenvalue weighted by Crippen LogP contribution is 2.35. The van der Waals surface area contributed by atoms with Gasteiger partial charge in [-0.15, -0.1) is 0 Å². The van der Waals surface area contributed by atoms with Crippen molar-refractivity contribution >= 4 is 5.82 Å². The number of methoxy groups -OCH3 is 1. The number of imidazole rings is 1. The van der Waals surface area contributed by atoms with E-state index in [1.54, 1.807) is 25.7 Å². The molecule has 0 radical (unpaired) electrons. The highest BCUT2D eigenvalue weighted by Gasteiger charge is 2.17. The normalized spacial score (nSPS) is 10.6. The Morgan fingerprint density at radius 1 is 0.963 bits per heavy atom. The first kappa shape index (κ1) is 16.8. The fraction of sp³-hybridized carbons (Fsp3) is 0.0952. The average Bonchev–Trinajstić information content (AvgIpc) is 3.20. The Hall–Kier alpha value is -3.67. The third-order valence-electron chi connectivity index (χ3n) is 4.30. The van der Waals surface area contributed by atoms with Crippen molar-refractivity contribution in [3.63, 3.8) is 0 Å². The quantitative estimate of drug-likeness (QED) is 0.558. The second-order valence-corrected chi connectivity index (χ2v) is 5.94. The van der Waals surface area contributed by atoms with E-state index in [-0.39, 0.29) is 0 Å². The fourth-order valence-corrected chi connectivity index (χ4v) is 2.96. The molecule has 0 unspecified atom stereocenters. The molecule has 3 aromatic heterocycles. The van der Waals surface area contributed by atoms with Gasteiger partial charge in [-0.1, -0.05) is 30.3 Å². The number of rotatable bonds is 5. The van der Waals surface area contributed by atoms with Crippen LogP contribution in [0, 0.1) is 0 Å². The molecule has 0 aliphatic carbocycles. The minimum atomic E-state index is 0.673. The summed E-state index contributed by atoms with van der Waals surface area (Å²) in [6.45, 7) is 0. The van der Waals surface area contributed by atoms with Crippen molar-refractivity contribution in [2.24, 2.45) is 0 Å². The van der Waals surface area contributed by atoms with Crippen molar-refractivity contribution in [3.05, 3.63) is 67.1 Å². The number of anilines is 1. The molecule has 2 N–H and O–H groups in total. The van der Waals surface area contributed by atoms with Crippen LogP contribution in [0.5, 0.6) is 5.75 Å². The maximum Gasteiger partial charge on any atom is 0.168 e. The lowest BCUT2D eigenvalue weighted by molar-refractivity contribution is 0.415. The van der Waals surface area contributed by atoms with E-state index < -0.39 is 0 Å². The van der Waals surface area contributed by atoms with Crippen LogP contribution in [0.1, 0.15) is 0 Å². The van der Waals surface area contributed by atoms with Gasteiger partial charge in [-0.2, -0.15) is 0 Å². The molecule has 6 heteroatoms. The molecule has 4 aromatic rings. The van der Waals surface area contributed by atoms with Crippen molar-refractivity contribution < 1.29 is 4.74 Å². The van der Waals surface area contributed by atoms with Crippen molar-refractivity contribution in [2.75, 3.05) is 19.5 Å². The molecule has 0 aliphatic heterocycles. The molecule has 0 amide bonds. The summed E-state index contributed by atoms with van der Waals surface area (Å²) < 4.78 is 5.47. The number of aromatic amines is 1. The van der Waals surface area contributed by atoms with Gasteiger partial charge in [0.1, 0.15) is 5.82 Å². The van der Waals surface area contributed by atoms with E-state index in [2.05, 4.69) is 20.3 Å². The smallest absolute Gasteiger partial charge is 0.168 e. The Bertz CT molecular complexity index is 1040. The molecule has 6 nitrogen and oxygen atoms in total. The third-order valence-corrected chi connectivity index (χ3v) is 4.30. The lowest BCUT2D eigenvalue weighted by atomic mass is 10.1. The maximum atomic E-state index is 5.47. The van der Waals surface area contributed by atoms with E-state index >= 15 is 0 Å². The first-order valence-electron chi connectivity index (χ1n) is 8.58. The third kappa shape index (κ3) is 3.25. The Labute approximate surface area is 157 Å². The largest absolute Gasteiger partial charge is 0.493 e. The summed E-state index contributed by atoms with van der Waals surface area (Å²) in [7, 11) is 3.45. The van der Waals surface area contributed by atoms with Crippen LogP contribution in [0.15, 0.2) is 67.1 Å². The topological polar surface area (TPSA) is 75.7 Å². The summed E-state index contributed by atoms with van der Waals surface area (Å²) in [5, 5.41) is 3.03. The van der Waals surface area contributed by atoms with Crippen molar-refractivity contribution in [3.8, 4) is 39.7 Å². The fourth-order valence-electron chi connectivity index (χ4n) is 2.96. The molecule has 0 bridgehead atoms. The van der Waals surface area contributed by atoms with Gasteiger partial charge < -0.3 is 15.0 Å². The van der Waals surface area contributed by atoms with Gasteiger partial charge >= 0.3 is 0 Å². The maximum absolute atomic E-state index is 5.47. The second-order valence-electron chi connectivity index (χ2n) is 5.94. The van der Waals surface area contributed by atoms with Gasteiger partial charge in [0.05, 0.1) is 18.5 Å². The van der Waals surface area contributed by atoms with E-state index in [0.29, 0.717) is 11.6 Å². The Balaban J connectivity index is 1.90. The lowest BCUT2D eigenvalue weighted by Crippen LogP contribution is -1.97. The Morgan fingerprint density at radius 3 is 2.44 bits per heavy atom.